The van der Waals surface area contributed by atoms with Crippen LogP contribution >= 0.6 is 23.2 Å². The highest BCUT2D eigenvalue weighted by Gasteiger charge is 2.27. The second-order valence-corrected chi connectivity index (χ2v) is 3.53. The van der Waals surface area contributed by atoms with Gasteiger partial charge in [0.25, 0.3) is 0 Å². The second-order valence-electron chi connectivity index (χ2n) is 1.89. The molecule has 0 spiro atoms. The first kappa shape index (κ1) is 5.71. The van der Waals surface area contributed by atoms with Crippen LogP contribution in [0, 0.1) is 6.42 Å². The summed E-state index contributed by atoms with van der Waals surface area (Å²) in [4.78, 5) is 0. The zero-order valence-corrected chi connectivity index (χ0v) is 5.47. The largest absolute Gasteiger partial charge is 0.118 e. The van der Waals surface area contributed by atoms with Gasteiger partial charge in [0, 0.05) is 0 Å². The van der Waals surface area contributed by atoms with Gasteiger partial charge in [-0.3, -0.25) is 0 Å². The molecule has 0 aromatic heterocycles. The van der Waals surface area contributed by atoms with Gasteiger partial charge in [-0.2, -0.15) is 0 Å². The van der Waals surface area contributed by atoms with Crippen molar-refractivity contribution in [2.75, 3.05) is 0 Å². The molecule has 0 atom stereocenters. The van der Waals surface area contributed by atoms with Gasteiger partial charge in [-0.1, -0.05) is 0 Å². The van der Waals surface area contributed by atoms with Crippen molar-refractivity contribution in [3.63, 3.8) is 0 Å². The maximum atomic E-state index is 5.70. The number of rotatable bonds is 0. The van der Waals surface area contributed by atoms with Gasteiger partial charge in [-0.15, -0.1) is 23.2 Å². The summed E-state index contributed by atoms with van der Waals surface area (Å²) in [6.45, 7) is 0. The molecular formula is C5H7Cl2. The quantitative estimate of drug-likeness (QED) is 0.451. The van der Waals surface area contributed by atoms with Gasteiger partial charge in [-0.05, 0) is 25.7 Å². The highest BCUT2D eigenvalue weighted by atomic mass is 35.5. The minimum absolute atomic E-state index is 0.417. The van der Waals surface area contributed by atoms with Crippen LogP contribution in [0.1, 0.15) is 19.3 Å². The normalized spacial score (nSPS) is 28.3. The lowest BCUT2D eigenvalue weighted by molar-refractivity contribution is 0.820. The highest BCUT2D eigenvalue weighted by molar-refractivity contribution is 6.48. The number of hydrogen-bond acceptors (Lipinski definition) is 0. The van der Waals surface area contributed by atoms with E-state index >= 15 is 0 Å². The third kappa shape index (κ3) is 1.50. The predicted molar refractivity (Wildman–Crippen MR) is 32.6 cm³/mol. The first-order valence-corrected chi connectivity index (χ1v) is 3.16. The van der Waals surface area contributed by atoms with Crippen molar-refractivity contribution in [3.05, 3.63) is 6.42 Å². The molecule has 0 unspecified atom stereocenters. The van der Waals surface area contributed by atoms with E-state index in [0.29, 0.717) is 0 Å². The molecule has 1 saturated carbocycles. The van der Waals surface area contributed by atoms with Crippen molar-refractivity contribution in [3.8, 4) is 0 Å². The number of hydrogen-bond donors (Lipinski definition) is 0. The van der Waals surface area contributed by atoms with Crippen LogP contribution in [0.5, 0.6) is 0 Å². The fourth-order valence-corrected chi connectivity index (χ4v) is 1.16. The molecule has 0 heterocycles. The summed E-state index contributed by atoms with van der Waals surface area (Å²) in [5.74, 6) is 0. The average molecular weight is 138 g/mol. The molecule has 1 aliphatic rings. The van der Waals surface area contributed by atoms with E-state index < -0.39 is 4.33 Å². The molecule has 0 amide bonds. The minimum Gasteiger partial charge on any atom is -0.102 e. The van der Waals surface area contributed by atoms with E-state index in [2.05, 4.69) is 6.42 Å². The van der Waals surface area contributed by atoms with Gasteiger partial charge >= 0.3 is 0 Å². The molecule has 41 valence electrons. The second kappa shape index (κ2) is 1.83. The predicted octanol–water partition coefficient (Wildman–Crippen LogP) is 2.55. The summed E-state index contributed by atoms with van der Waals surface area (Å²) >= 11 is 11.4. The Morgan fingerprint density at radius 2 is 2.14 bits per heavy atom. The SMILES string of the molecule is ClC1(Cl)C[CH]CC1. The zero-order chi connectivity index (χ0) is 5.33. The van der Waals surface area contributed by atoms with Crippen LogP contribution in [0.15, 0.2) is 0 Å². The van der Waals surface area contributed by atoms with Crippen LogP contribution in [-0.2, 0) is 0 Å². The monoisotopic (exact) mass is 137 g/mol. The molecule has 0 N–H and O–H groups in total. The van der Waals surface area contributed by atoms with Gasteiger partial charge in [0.1, 0.15) is 4.33 Å². The smallest absolute Gasteiger partial charge is 0.102 e. The summed E-state index contributed by atoms with van der Waals surface area (Å²) in [7, 11) is 0. The van der Waals surface area contributed by atoms with Crippen molar-refractivity contribution in [1.29, 1.82) is 0 Å². The molecule has 2 heteroatoms. The fourth-order valence-electron chi connectivity index (χ4n) is 0.729. The van der Waals surface area contributed by atoms with Gasteiger partial charge in [0.15, 0.2) is 0 Å². The Kier molecular flexibility index (Phi) is 1.49. The first-order chi connectivity index (χ1) is 3.21. The van der Waals surface area contributed by atoms with E-state index in [1.807, 2.05) is 0 Å². The summed E-state index contributed by atoms with van der Waals surface area (Å²) < 4.78 is -0.417. The van der Waals surface area contributed by atoms with Crippen LogP contribution < -0.4 is 0 Å². The first-order valence-electron chi connectivity index (χ1n) is 2.40. The Hall–Kier alpha value is 0.580. The van der Waals surface area contributed by atoms with E-state index in [9.17, 15) is 0 Å². The summed E-state index contributed by atoms with van der Waals surface area (Å²) in [5, 5.41) is 0. The maximum Gasteiger partial charge on any atom is 0.118 e. The van der Waals surface area contributed by atoms with Gasteiger partial charge < -0.3 is 0 Å². The standard InChI is InChI=1S/C5H7Cl2/c6-5(7)3-1-2-4-5/h1H,2-4H2. The molecule has 0 aromatic rings. The maximum absolute atomic E-state index is 5.70. The van der Waals surface area contributed by atoms with Gasteiger partial charge in [-0.25, -0.2) is 0 Å². The molecule has 0 saturated heterocycles. The molecule has 0 aromatic carbocycles. The Morgan fingerprint density at radius 1 is 1.43 bits per heavy atom. The molecular weight excluding hydrogens is 131 g/mol. The van der Waals surface area contributed by atoms with Crippen LogP contribution in [0.4, 0.5) is 0 Å². The summed E-state index contributed by atoms with van der Waals surface area (Å²) in [5.41, 5.74) is 0. The molecule has 1 fully saturated rings. The van der Waals surface area contributed by atoms with Crippen LogP contribution in [0.3, 0.4) is 0 Å². The van der Waals surface area contributed by atoms with E-state index in [0.717, 1.165) is 19.3 Å². The molecule has 0 aliphatic heterocycles. The van der Waals surface area contributed by atoms with Crippen molar-refractivity contribution >= 4 is 23.2 Å². The molecule has 7 heavy (non-hydrogen) atoms. The topological polar surface area (TPSA) is 0 Å². The Bertz CT molecular complexity index is 60.5. The average Bonchev–Trinajstić information content (AvgIpc) is 1.84. The third-order valence-electron chi connectivity index (χ3n) is 1.16. The minimum atomic E-state index is -0.417. The van der Waals surface area contributed by atoms with Gasteiger partial charge in [0.2, 0.25) is 0 Å². The van der Waals surface area contributed by atoms with E-state index in [1.54, 1.807) is 0 Å². The van der Waals surface area contributed by atoms with Crippen LogP contribution in [-0.4, -0.2) is 4.33 Å². The Labute approximate surface area is 53.8 Å². The van der Waals surface area contributed by atoms with E-state index in [-0.39, 0.29) is 0 Å². The summed E-state index contributed by atoms with van der Waals surface area (Å²) in [6.07, 6.45) is 4.99. The van der Waals surface area contributed by atoms with E-state index in [4.69, 9.17) is 23.2 Å². The highest BCUT2D eigenvalue weighted by Crippen LogP contribution is 2.38. The van der Waals surface area contributed by atoms with Crippen LogP contribution in [0.25, 0.3) is 0 Å². The van der Waals surface area contributed by atoms with Crippen molar-refractivity contribution in [2.24, 2.45) is 0 Å². The number of alkyl halides is 2. The lowest BCUT2D eigenvalue weighted by Crippen LogP contribution is -2.02. The lowest BCUT2D eigenvalue weighted by Gasteiger charge is -2.06. The zero-order valence-electron chi connectivity index (χ0n) is 3.95. The van der Waals surface area contributed by atoms with Crippen molar-refractivity contribution < 1.29 is 0 Å². The third-order valence-corrected chi connectivity index (χ3v) is 1.84. The lowest BCUT2D eigenvalue weighted by atomic mass is 10.4. The molecule has 1 rings (SSSR count). The Balaban J connectivity index is 2.40. The van der Waals surface area contributed by atoms with E-state index in [1.165, 1.54) is 0 Å². The molecule has 1 aliphatic carbocycles. The summed E-state index contributed by atoms with van der Waals surface area (Å²) in [6, 6.07) is 0. The molecule has 0 nitrogen and oxygen atoms in total. The van der Waals surface area contributed by atoms with Crippen LogP contribution in [0.2, 0.25) is 0 Å². The number of halogens is 2. The molecule has 0 bridgehead atoms. The van der Waals surface area contributed by atoms with Crippen molar-refractivity contribution in [2.45, 2.75) is 23.6 Å². The van der Waals surface area contributed by atoms with Crippen molar-refractivity contribution in [1.82, 2.24) is 0 Å². The molecule has 1 radical (unpaired) electrons. The van der Waals surface area contributed by atoms with Gasteiger partial charge in [0.05, 0.1) is 0 Å². The fraction of sp³-hybridized carbons (Fsp3) is 0.800. The Morgan fingerprint density at radius 3 is 2.29 bits per heavy atom.